The van der Waals surface area contributed by atoms with Crippen LogP contribution in [0.2, 0.25) is 0 Å². The molecule has 0 saturated heterocycles. The van der Waals surface area contributed by atoms with E-state index in [1.54, 1.807) is 30.3 Å². The number of hydrogen-bond donors (Lipinski definition) is 0. The fraction of sp³-hybridized carbons (Fsp3) is 0.120. The van der Waals surface area contributed by atoms with Gasteiger partial charge < -0.3 is 0 Å². The van der Waals surface area contributed by atoms with Crippen LogP contribution in [-0.4, -0.2) is 0 Å². The van der Waals surface area contributed by atoms with Crippen molar-refractivity contribution in [1.82, 2.24) is 0 Å². The van der Waals surface area contributed by atoms with Crippen LogP contribution in [0, 0.1) is 17.6 Å². The molecule has 4 heteroatoms. The first-order chi connectivity index (χ1) is 26.3. The first-order valence-electron chi connectivity index (χ1n) is 18.4. The Labute approximate surface area is 314 Å². The van der Waals surface area contributed by atoms with Crippen molar-refractivity contribution < 1.29 is 17.6 Å². The highest BCUT2D eigenvalue weighted by atomic mass is 19.1. The molecule has 1 unspecified atom stereocenters. The topological polar surface area (TPSA) is 0 Å². The van der Waals surface area contributed by atoms with Gasteiger partial charge in [0, 0.05) is 23.1 Å². The molecule has 266 valence electrons. The zero-order valence-electron chi connectivity index (χ0n) is 29.9. The highest BCUT2D eigenvalue weighted by Gasteiger charge is 2.39. The molecular weight excluding hydrogens is 677 g/mol. The molecule has 8 rings (SSSR count). The molecule has 6 aromatic carbocycles. The first-order valence-corrected chi connectivity index (χ1v) is 18.4. The first kappa shape index (κ1) is 35.1. The quantitative estimate of drug-likeness (QED) is 0.109. The van der Waals surface area contributed by atoms with Crippen LogP contribution < -0.4 is 0 Å². The lowest BCUT2D eigenvalue weighted by atomic mass is 9.64. The number of hydrogen-bond acceptors (Lipinski definition) is 0. The monoisotopic (exact) mass is 714 g/mol. The summed E-state index contributed by atoms with van der Waals surface area (Å²) < 4.78 is 60.3. The summed E-state index contributed by atoms with van der Waals surface area (Å²) in [4.78, 5) is 0. The maximum absolute atomic E-state index is 15.2. The normalized spacial score (nSPS) is 15.9. The predicted molar refractivity (Wildman–Crippen MR) is 213 cm³/mol. The summed E-state index contributed by atoms with van der Waals surface area (Å²) in [5.41, 5.74) is 8.02. The molecule has 0 aliphatic heterocycles. The second kappa shape index (κ2) is 14.8. The van der Waals surface area contributed by atoms with Crippen LogP contribution in [0.1, 0.15) is 59.6 Å². The third-order valence-electron chi connectivity index (χ3n) is 10.9. The lowest BCUT2D eigenvalue weighted by Gasteiger charge is -2.37. The Kier molecular flexibility index (Phi) is 9.60. The van der Waals surface area contributed by atoms with Crippen molar-refractivity contribution in [2.24, 2.45) is 5.92 Å². The van der Waals surface area contributed by atoms with E-state index in [9.17, 15) is 8.78 Å². The van der Waals surface area contributed by atoms with Crippen molar-refractivity contribution in [3.8, 4) is 22.3 Å². The van der Waals surface area contributed by atoms with Gasteiger partial charge in [0.2, 0.25) is 0 Å². The molecule has 0 heterocycles. The molecular formula is C50H38F4. The Hall–Kier alpha value is -6.00. The zero-order valence-corrected chi connectivity index (χ0v) is 29.9. The van der Waals surface area contributed by atoms with Crippen molar-refractivity contribution in [2.45, 2.75) is 31.6 Å². The van der Waals surface area contributed by atoms with Crippen LogP contribution in [0.25, 0.3) is 33.4 Å². The minimum Gasteiger partial charge on any atom is -0.211 e. The van der Waals surface area contributed by atoms with Gasteiger partial charge in [-0.1, -0.05) is 159 Å². The fourth-order valence-electron chi connectivity index (χ4n) is 8.12. The highest BCUT2D eigenvalue weighted by Crippen LogP contribution is 2.47. The van der Waals surface area contributed by atoms with Crippen molar-refractivity contribution in [3.05, 3.63) is 227 Å². The van der Waals surface area contributed by atoms with Gasteiger partial charge in [0.05, 0.1) is 5.41 Å². The summed E-state index contributed by atoms with van der Waals surface area (Å²) in [5, 5.41) is 0. The molecule has 0 radical (unpaired) electrons. The minimum absolute atomic E-state index is 0.0264. The summed E-state index contributed by atoms with van der Waals surface area (Å²) in [6.45, 7) is 2.03. The summed E-state index contributed by atoms with van der Waals surface area (Å²) in [7, 11) is 0. The van der Waals surface area contributed by atoms with Crippen molar-refractivity contribution in [3.63, 3.8) is 0 Å². The van der Waals surface area contributed by atoms with Gasteiger partial charge in [-0.15, -0.1) is 0 Å². The SMILES string of the molecule is CC1CC=CC(F)=C1c1ccc(C(c2ccc(C3=C(F)CCC=C3)cc2)(c2ccc(-c3ccccc3F)cc2)c2ccc(-c3ccccc3F)cc2)cc1. The molecule has 0 nitrogen and oxygen atoms in total. The largest absolute Gasteiger partial charge is 0.211 e. The van der Waals surface area contributed by atoms with Crippen LogP contribution in [-0.2, 0) is 5.41 Å². The fourth-order valence-corrected chi connectivity index (χ4v) is 8.12. The molecule has 2 aliphatic carbocycles. The van der Waals surface area contributed by atoms with Crippen molar-refractivity contribution >= 4 is 11.1 Å². The van der Waals surface area contributed by atoms with Gasteiger partial charge in [-0.25, -0.2) is 17.6 Å². The van der Waals surface area contributed by atoms with Crippen LogP contribution in [0.3, 0.4) is 0 Å². The smallest absolute Gasteiger partial charge is 0.131 e. The standard InChI is InChI=1S/C50H38F4/c1-33-9-8-16-48(54)49(33)37-23-31-41(32-24-37)50(38-25-17-34(18-26-38)42-10-2-5-13-45(42)51,39-27-19-35(20-28-39)43-11-3-6-14-46(43)52)40-29-21-36(22-30-40)44-12-4-7-15-47(44)53/h2-6,8,10-14,16-33H,7,9,15H2,1H3. The Morgan fingerprint density at radius 2 is 0.926 bits per heavy atom. The van der Waals surface area contributed by atoms with E-state index in [4.69, 9.17) is 0 Å². The molecule has 0 spiro atoms. The van der Waals surface area contributed by atoms with Gasteiger partial charge in [0.25, 0.3) is 0 Å². The maximum atomic E-state index is 15.2. The van der Waals surface area contributed by atoms with Crippen molar-refractivity contribution in [2.75, 3.05) is 0 Å². The van der Waals surface area contributed by atoms with Gasteiger partial charge in [0.1, 0.15) is 23.3 Å². The highest BCUT2D eigenvalue weighted by molar-refractivity contribution is 5.78. The Bertz CT molecular complexity index is 2340. The van der Waals surface area contributed by atoms with Crippen LogP contribution in [0.4, 0.5) is 17.6 Å². The summed E-state index contributed by atoms with van der Waals surface area (Å²) in [6, 6.07) is 45.3. The van der Waals surface area contributed by atoms with E-state index in [1.807, 2.05) is 122 Å². The van der Waals surface area contributed by atoms with E-state index in [-0.39, 0.29) is 29.2 Å². The van der Waals surface area contributed by atoms with E-state index in [1.165, 1.54) is 12.1 Å². The van der Waals surface area contributed by atoms with Crippen LogP contribution in [0.15, 0.2) is 182 Å². The molecule has 0 saturated carbocycles. The second-order valence-corrected chi connectivity index (χ2v) is 14.1. The van der Waals surface area contributed by atoms with E-state index >= 15 is 8.78 Å². The zero-order chi connectivity index (χ0) is 37.2. The van der Waals surface area contributed by atoms with E-state index in [2.05, 4.69) is 12.1 Å². The minimum atomic E-state index is -0.946. The number of rotatable bonds is 8. The molecule has 0 aromatic heterocycles. The molecule has 6 aromatic rings. The molecule has 54 heavy (non-hydrogen) atoms. The second-order valence-electron chi connectivity index (χ2n) is 14.1. The Balaban J connectivity index is 1.36. The third-order valence-corrected chi connectivity index (χ3v) is 10.9. The Morgan fingerprint density at radius 3 is 1.37 bits per heavy atom. The molecule has 0 N–H and O–H groups in total. The third kappa shape index (κ3) is 6.36. The molecule has 0 bridgehead atoms. The lowest BCUT2D eigenvalue weighted by molar-refractivity contribution is 0.592. The number of halogens is 4. The van der Waals surface area contributed by atoms with Gasteiger partial charge in [-0.3, -0.25) is 0 Å². The molecule has 0 fully saturated rings. The van der Waals surface area contributed by atoms with Gasteiger partial charge >= 0.3 is 0 Å². The van der Waals surface area contributed by atoms with Gasteiger partial charge in [0.15, 0.2) is 0 Å². The average molecular weight is 715 g/mol. The van der Waals surface area contributed by atoms with E-state index < -0.39 is 5.41 Å². The number of allylic oxidation sites excluding steroid dienone is 8. The Morgan fingerprint density at radius 1 is 0.481 bits per heavy atom. The summed E-state index contributed by atoms with van der Waals surface area (Å²) in [5.74, 6) is -0.948. The average Bonchev–Trinajstić information content (AvgIpc) is 3.20. The molecule has 0 amide bonds. The number of benzene rings is 6. The van der Waals surface area contributed by atoms with Crippen LogP contribution >= 0.6 is 0 Å². The van der Waals surface area contributed by atoms with Crippen LogP contribution in [0.5, 0.6) is 0 Å². The molecule has 2 aliphatic rings. The predicted octanol–water partition coefficient (Wildman–Crippen LogP) is 14.0. The summed E-state index contributed by atoms with van der Waals surface area (Å²) in [6.07, 6.45) is 9.06. The lowest BCUT2D eigenvalue weighted by Crippen LogP contribution is -2.31. The van der Waals surface area contributed by atoms with Crippen molar-refractivity contribution in [1.29, 1.82) is 0 Å². The van der Waals surface area contributed by atoms with E-state index in [0.29, 0.717) is 35.1 Å². The maximum Gasteiger partial charge on any atom is 0.131 e. The molecule has 1 atom stereocenters. The van der Waals surface area contributed by atoms with E-state index in [0.717, 1.165) is 50.9 Å². The summed E-state index contributed by atoms with van der Waals surface area (Å²) >= 11 is 0. The van der Waals surface area contributed by atoms with Gasteiger partial charge in [-0.2, -0.15) is 0 Å². The van der Waals surface area contributed by atoms with Gasteiger partial charge in [-0.05, 0) is 87.0 Å².